The van der Waals surface area contributed by atoms with Gasteiger partial charge in [-0.1, -0.05) is 0 Å². The molecule has 1 rings (SSSR count). The van der Waals surface area contributed by atoms with Gasteiger partial charge in [0.1, 0.15) is 5.82 Å². The monoisotopic (exact) mass is 232 g/mol. The SMILES string of the molecule is CCOC(=O)c1cc(=O)[nH]c(N)c1C(F)F. The molecule has 0 amide bonds. The molecule has 3 N–H and O–H groups in total. The zero-order valence-corrected chi connectivity index (χ0v) is 8.42. The highest BCUT2D eigenvalue weighted by atomic mass is 19.3. The Morgan fingerprint density at radius 2 is 2.25 bits per heavy atom. The van der Waals surface area contributed by atoms with Crippen molar-refractivity contribution < 1.29 is 18.3 Å². The van der Waals surface area contributed by atoms with Crippen molar-refractivity contribution >= 4 is 11.8 Å². The van der Waals surface area contributed by atoms with Gasteiger partial charge in [-0.3, -0.25) is 4.79 Å². The molecule has 7 heteroatoms. The number of esters is 1. The lowest BCUT2D eigenvalue weighted by Crippen LogP contribution is -2.18. The van der Waals surface area contributed by atoms with E-state index >= 15 is 0 Å². The number of halogens is 2. The van der Waals surface area contributed by atoms with Crippen molar-refractivity contribution in [3.05, 3.63) is 27.5 Å². The van der Waals surface area contributed by atoms with E-state index in [1.807, 2.05) is 4.98 Å². The van der Waals surface area contributed by atoms with Crippen LogP contribution in [0.15, 0.2) is 10.9 Å². The lowest BCUT2D eigenvalue weighted by atomic mass is 10.1. The Balaban J connectivity index is 3.35. The Morgan fingerprint density at radius 3 is 2.75 bits per heavy atom. The summed E-state index contributed by atoms with van der Waals surface area (Å²) in [5.74, 6) is -1.51. The van der Waals surface area contributed by atoms with Crippen LogP contribution in [-0.4, -0.2) is 17.6 Å². The van der Waals surface area contributed by atoms with Gasteiger partial charge in [0.15, 0.2) is 0 Å². The van der Waals surface area contributed by atoms with Crippen molar-refractivity contribution in [2.45, 2.75) is 13.3 Å². The van der Waals surface area contributed by atoms with E-state index in [1.54, 1.807) is 0 Å². The number of carbonyl (C=O) groups excluding carboxylic acids is 1. The summed E-state index contributed by atoms with van der Waals surface area (Å²) < 4.78 is 29.8. The summed E-state index contributed by atoms with van der Waals surface area (Å²) in [5.41, 5.74) is 3.27. The first kappa shape index (κ1) is 12.2. The number of aromatic amines is 1. The Hall–Kier alpha value is -1.92. The number of nitrogen functional groups attached to an aromatic ring is 1. The maximum atomic E-state index is 12.6. The quantitative estimate of drug-likeness (QED) is 0.763. The molecular weight excluding hydrogens is 222 g/mol. The van der Waals surface area contributed by atoms with Crippen molar-refractivity contribution in [3.63, 3.8) is 0 Å². The average molecular weight is 232 g/mol. The third-order valence-corrected chi connectivity index (χ3v) is 1.83. The predicted octanol–water partition coefficient (Wildman–Crippen LogP) is 1.07. The van der Waals surface area contributed by atoms with Crippen LogP contribution in [0.1, 0.15) is 29.3 Å². The molecule has 0 bridgehead atoms. The van der Waals surface area contributed by atoms with Crippen molar-refractivity contribution in [2.75, 3.05) is 12.3 Å². The van der Waals surface area contributed by atoms with Crippen LogP contribution in [0.5, 0.6) is 0 Å². The number of pyridine rings is 1. The number of hydrogen-bond acceptors (Lipinski definition) is 4. The minimum absolute atomic E-state index is 0.0220. The van der Waals surface area contributed by atoms with E-state index < -0.39 is 34.9 Å². The summed E-state index contributed by atoms with van der Waals surface area (Å²) in [4.78, 5) is 24.3. The number of nitrogens with one attached hydrogen (secondary N) is 1. The van der Waals surface area contributed by atoms with Crippen molar-refractivity contribution in [1.82, 2.24) is 4.98 Å². The molecule has 0 spiro atoms. The highest BCUT2D eigenvalue weighted by molar-refractivity contribution is 5.92. The van der Waals surface area contributed by atoms with E-state index in [4.69, 9.17) is 5.73 Å². The molecule has 0 radical (unpaired) electrons. The van der Waals surface area contributed by atoms with E-state index in [-0.39, 0.29) is 6.61 Å². The van der Waals surface area contributed by atoms with E-state index in [9.17, 15) is 18.4 Å². The largest absolute Gasteiger partial charge is 0.462 e. The molecule has 1 heterocycles. The molecule has 0 fully saturated rings. The number of nitrogens with two attached hydrogens (primary N) is 1. The summed E-state index contributed by atoms with van der Waals surface area (Å²) in [5, 5.41) is 0. The lowest BCUT2D eigenvalue weighted by molar-refractivity contribution is 0.0515. The fraction of sp³-hybridized carbons (Fsp3) is 0.333. The normalized spacial score (nSPS) is 10.5. The zero-order valence-electron chi connectivity index (χ0n) is 8.42. The molecule has 0 saturated carbocycles. The van der Waals surface area contributed by atoms with Crippen LogP contribution >= 0.6 is 0 Å². The van der Waals surface area contributed by atoms with Crippen LogP contribution in [0.25, 0.3) is 0 Å². The number of anilines is 1. The Bertz CT molecular complexity index is 457. The van der Waals surface area contributed by atoms with Crippen LogP contribution in [-0.2, 0) is 4.74 Å². The predicted molar refractivity (Wildman–Crippen MR) is 52.4 cm³/mol. The molecule has 0 unspecified atom stereocenters. The smallest absolute Gasteiger partial charge is 0.338 e. The second kappa shape index (κ2) is 4.73. The fourth-order valence-electron chi connectivity index (χ4n) is 1.20. The maximum Gasteiger partial charge on any atom is 0.338 e. The fourth-order valence-corrected chi connectivity index (χ4v) is 1.20. The lowest BCUT2D eigenvalue weighted by Gasteiger charge is -2.09. The summed E-state index contributed by atoms with van der Waals surface area (Å²) in [6, 6.07) is 0.746. The van der Waals surface area contributed by atoms with Crippen molar-refractivity contribution in [3.8, 4) is 0 Å². The number of hydrogen-bond donors (Lipinski definition) is 2. The maximum absolute atomic E-state index is 12.6. The van der Waals surface area contributed by atoms with E-state index in [0.717, 1.165) is 6.07 Å². The molecule has 0 aliphatic heterocycles. The second-order valence-electron chi connectivity index (χ2n) is 2.90. The van der Waals surface area contributed by atoms with Crippen LogP contribution in [0.3, 0.4) is 0 Å². The van der Waals surface area contributed by atoms with Crippen molar-refractivity contribution in [2.24, 2.45) is 0 Å². The first-order chi connectivity index (χ1) is 7.47. The Kier molecular flexibility index (Phi) is 3.60. The number of H-pyrrole nitrogens is 1. The van der Waals surface area contributed by atoms with E-state index in [0.29, 0.717) is 0 Å². The third-order valence-electron chi connectivity index (χ3n) is 1.83. The van der Waals surface area contributed by atoms with Gasteiger partial charge in [0.05, 0.1) is 17.7 Å². The molecule has 88 valence electrons. The molecule has 0 aliphatic carbocycles. The van der Waals surface area contributed by atoms with E-state index in [1.165, 1.54) is 6.92 Å². The number of carbonyl (C=O) groups is 1. The van der Waals surface area contributed by atoms with Gasteiger partial charge in [-0.05, 0) is 6.92 Å². The Labute approximate surface area is 89.2 Å². The number of alkyl halides is 2. The molecule has 0 atom stereocenters. The molecule has 0 aliphatic rings. The molecule has 0 saturated heterocycles. The van der Waals surface area contributed by atoms with Gasteiger partial charge in [0.2, 0.25) is 5.56 Å². The van der Waals surface area contributed by atoms with Crippen LogP contribution in [0, 0.1) is 0 Å². The van der Waals surface area contributed by atoms with Gasteiger partial charge in [0, 0.05) is 6.07 Å². The first-order valence-electron chi connectivity index (χ1n) is 4.45. The molecule has 1 aromatic rings. The molecule has 5 nitrogen and oxygen atoms in total. The number of aromatic nitrogens is 1. The van der Waals surface area contributed by atoms with Gasteiger partial charge < -0.3 is 15.5 Å². The summed E-state index contributed by atoms with van der Waals surface area (Å²) in [7, 11) is 0. The van der Waals surface area contributed by atoms with Gasteiger partial charge >= 0.3 is 5.97 Å². The van der Waals surface area contributed by atoms with Crippen molar-refractivity contribution in [1.29, 1.82) is 0 Å². The minimum atomic E-state index is -2.96. The van der Waals surface area contributed by atoms with Crippen LogP contribution in [0.4, 0.5) is 14.6 Å². The van der Waals surface area contributed by atoms with Gasteiger partial charge in [-0.25, -0.2) is 13.6 Å². The van der Waals surface area contributed by atoms with Crippen LogP contribution < -0.4 is 11.3 Å². The van der Waals surface area contributed by atoms with Gasteiger partial charge in [-0.15, -0.1) is 0 Å². The minimum Gasteiger partial charge on any atom is -0.462 e. The summed E-state index contributed by atoms with van der Waals surface area (Å²) in [6.07, 6.45) is -2.96. The molecule has 16 heavy (non-hydrogen) atoms. The summed E-state index contributed by atoms with van der Waals surface area (Å²) in [6.45, 7) is 1.55. The molecule has 1 aromatic heterocycles. The molecule has 0 aromatic carbocycles. The Morgan fingerprint density at radius 1 is 1.62 bits per heavy atom. The highest BCUT2D eigenvalue weighted by Gasteiger charge is 2.23. The number of rotatable bonds is 3. The van der Waals surface area contributed by atoms with Gasteiger partial charge in [0.25, 0.3) is 6.43 Å². The zero-order chi connectivity index (χ0) is 12.3. The second-order valence-corrected chi connectivity index (χ2v) is 2.90. The topological polar surface area (TPSA) is 85.2 Å². The standard InChI is InChI=1S/C9H10F2N2O3/c1-2-16-9(15)4-3-5(14)13-8(12)6(4)7(10)11/h3,7H,2H2,1H3,(H3,12,13,14). The first-order valence-corrected chi connectivity index (χ1v) is 4.45. The third kappa shape index (κ3) is 2.36. The van der Waals surface area contributed by atoms with Gasteiger partial charge in [-0.2, -0.15) is 0 Å². The summed E-state index contributed by atoms with van der Waals surface area (Å²) >= 11 is 0. The van der Waals surface area contributed by atoms with E-state index in [2.05, 4.69) is 4.74 Å². The highest BCUT2D eigenvalue weighted by Crippen LogP contribution is 2.26. The average Bonchev–Trinajstić information content (AvgIpc) is 2.15. The molecular formula is C9H10F2N2O3. The number of ether oxygens (including phenoxy) is 1. The van der Waals surface area contributed by atoms with Crippen LogP contribution in [0.2, 0.25) is 0 Å².